The number of hydrogen-bond donors (Lipinski definition) is 3. The fraction of sp³-hybridized carbons (Fsp3) is 0.529. The zero-order valence-corrected chi connectivity index (χ0v) is 14.2. The predicted molar refractivity (Wildman–Crippen MR) is 90.4 cm³/mol. The molecule has 142 valence electrons. The number of piperidine rings is 1. The van der Waals surface area contributed by atoms with Crippen LogP contribution in [0.15, 0.2) is 30.5 Å². The fourth-order valence-corrected chi connectivity index (χ4v) is 3.03. The van der Waals surface area contributed by atoms with E-state index in [2.05, 4.69) is 20.9 Å². The van der Waals surface area contributed by atoms with E-state index in [0.717, 1.165) is 38.1 Å². The molecule has 1 aliphatic rings. The minimum absolute atomic E-state index is 0.210. The summed E-state index contributed by atoms with van der Waals surface area (Å²) in [6.07, 6.45) is -1.04. The summed E-state index contributed by atoms with van der Waals surface area (Å²) in [7, 11) is 0. The molecule has 0 saturated carbocycles. The zero-order chi connectivity index (χ0) is 18.6. The fourth-order valence-electron chi connectivity index (χ4n) is 3.03. The third-order valence-corrected chi connectivity index (χ3v) is 4.53. The van der Waals surface area contributed by atoms with E-state index in [9.17, 15) is 18.3 Å². The number of rotatable bonds is 6. The van der Waals surface area contributed by atoms with Crippen LogP contribution in [0.25, 0.3) is 0 Å². The maximum absolute atomic E-state index is 12.5. The first kappa shape index (κ1) is 18.7. The van der Waals surface area contributed by atoms with Gasteiger partial charge in [-0.25, -0.2) is 4.68 Å². The van der Waals surface area contributed by atoms with E-state index in [4.69, 9.17) is 0 Å². The lowest BCUT2D eigenvalue weighted by Crippen LogP contribution is -2.38. The highest BCUT2D eigenvalue weighted by atomic mass is 19.4. The highest BCUT2D eigenvalue weighted by Gasteiger charge is 2.29. The number of aliphatic hydroxyl groups excluding tert-OH is 1. The molecule has 1 fully saturated rings. The van der Waals surface area contributed by atoms with E-state index in [1.54, 1.807) is 10.9 Å². The van der Waals surface area contributed by atoms with Crippen molar-refractivity contribution in [2.75, 3.05) is 18.4 Å². The van der Waals surface area contributed by atoms with Gasteiger partial charge < -0.3 is 15.7 Å². The van der Waals surface area contributed by atoms with E-state index in [1.807, 2.05) is 0 Å². The summed E-state index contributed by atoms with van der Waals surface area (Å²) in [6.45, 7) is 2.51. The second-order valence-corrected chi connectivity index (χ2v) is 6.53. The summed E-state index contributed by atoms with van der Waals surface area (Å²) in [4.78, 5) is 0. The monoisotopic (exact) mass is 369 g/mol. The lowest BCUT2D eigenvalue weighted by atomic mass is 9.94. The van der Waals surface area contributed by atoms with Crippen LogP contribution in [-0.2, 0) is 19.3 Å². The molecule has 1 aromatic heterocycles. The van der Waals surface area contributed by atoms with Gasteiger partial charge in [-0.1, -0.05) is 5.21 Å². The average molecular weight is 369 g/mol. The van der Waals surface area contributed by atoms with Crippen LogP contribution in [0, 0.1) is 5.92 Å². The Morgan fingerprint density at radius 1 is 1.31 bits per heavy atom. The third kappa shape index (κ3) is 4.95. The van der Waals surface area contributed by atoms with E-state index < -0.39 is 17.8 Å². The van der Waals surface area contributed by atoms with Crippen molar-refractivity contribution in [1.82, 2.24) is 20.3 Å². The first-order chi connectivity index (χ1) is 12.4. The van der Waals surface area contributed by atoms with Crippen molar-refractivity contribution >= 4 is 5.69 Å². The molecular formula is C17H22F3N5O. The standard InChI is InChI=1S/C17H22F3N5O/c18-17(19,20)13-3-5-14(6-4-13)22-9-15-10-25(24-23-15)11-16(26)12-2-1-7-21-8-12/h3-6,10,12,16,21-22,26H,1-2,7-9,11H2. The van der Waals surface area contributed by atoms with Crippen LogP contribution in [0.4, 0.5) is 18.9 Å². The van der Waals surface area contributed by atoms with Gasteiger partial charge in [0, 0.05) is 12.2 Å². The largest absolute Gasteiger partial charge is 0.416 e. The van der Waals surface area contributed by atoms with Crippen LogP contribution < -0.4 is 10.6 Å². The number of nitrogens with one attached hydrogen (secondary N) is 2. The molecule has 3 rings (SSSR count). The molecule has 2 atom stereocenters. The van der Waals surface area contributed by atoms with Crippen molar-refractivity contribution in [2.45, 2.75) is 38.2 Å². The van der Waals surface area contributed by atoms with Crippen molar-refractivity contribution in [3.05, 3.63) is 41.7 Å². The van der Waals surface area contributed by atoms with Crippen LogP contribution in [0.1, 0.15) is 24.1 Å². The van der Waals surface area contributed by atoms with Gasteiger partial charge in [0.05, 0.1) is 31.0 Å². The first-order valence-corrected chi connectivity index (χ1v) is 8.61. The topological polar surface area (TPSA) is 75.0 Å². The van der Waals surface area contributed by atoms with E-state index in [-0.39, 0.29) is 5.92 Å². The second-order valence-electron chi connectivity index (χ2n) is 6.53. The van der Waals surface area contributed by atoms with Crippen LogP contribution in [-0.4, -0.2) is 39.3 Å². The summed E-state index contributed by atoms with van der Waals surface area (Å²) in [5.74, 6) is 0.210. The van der Waals surface area contributed by atoms with Gasteiger partial charge in [0.1, 0.15) is 5.69 Å². The lowest BCUT2D eigenvalue weighted by molar-refractivity contribution is -0.137. The molecule has 1 aromatic carbocycles. The van der Waals surface area contributed by atoms with Gasteiger partial charge in [0.2, 0.25) is 0 Å². The predicted octanol–water partition coefficient (Wildman–Crippen LogP) is 2.27. The normalized spacial score (nSPS) is 19.3. The van der Waals surface area contributed by atoms with Crippen LogP contribution >= 0.6 is 0 Å². The molecule has 2 aromatic rings. The first-order valence-electron chi connectivity index (χ1n) is 8.61. The molecule has 2 unspecified atom stereocenters. The summed E-state index contributed by atoms with van der Waals surface area (Å²) in [5.41, 5.74) is 0.542. The number of aromatic nitrogens is 3. The quantitative estimate of drug-likeness (QED) is 0.728. The van der Waals surface area contributed by atoms with Crippen LogP contribution in [0.5, 0.6) is 0 Å². The van der Waals surface area contributed by atoms with Crippen molar-refractivity contribution in [2.24, 2.45) is 5.92 Å². The van der Waals surface area contributed by atoms with Crippen molar-refractivity contribution in [1.29, 1.82) is 0 Å². The van der Waals surface area contributed by atoms with Gasteiger partial charge in [0.15, 0.2) is 0 Å². The van der Waals surface area contributed by atoms with Gasteiger partial charge in [-0.2, -0.15) is 13.2 Å². The molecule has 0 amide bonds. The molecule has 6 nitrogen and oxygen atoms in total. The van der Waals surface area contributed by atoms with Crippen molar-refractivity contribution in [3.63, 3.8) is 0 Å². The third-order valence-electron chi connectivity index (χ3n) is 4.53. The summed E-state index contributed by atoms with van der Waals surface area (Å²) >= 11 is 0. The number of anilines is 1. The Balaban J connectivity index is 1.50. The SMILES string of the molecule is OC(Cn1cc(CNc2ccc(C(F)(F)F)cc2)nn1)C1CCCNC1. The Morgan fingerprint density at radius 2 is 2.08 bits per heavy atom. The molecule has 1 aliphatic heterocycles. The minimum atomic E-state index is -4.34. The molecule has 1 saturated heterocycles. The van der Waals surface area contributed by atoms with Crippen molar-refractivity contribution in [3.8, 4) is 0 Å². The number of hydrogen-bond acceptors (Lipinski definition) is 5. The van der Waals surface area contributed by atoms with Gasteiger partial charge >= 0.3 is 6.18 Å². The summed E-state index contributed by atoms with van der Waals surface area (Å²) < 4.78 is 39.2. The zero-order valence-electron chi connectivity index (χ0n) is 14.2. The maximum Gasteiger partial charge on any atom is 0.416 e. The van der Waals surface area contributed by atoms with E-state index >= 15 is 0 Å². The Kier molecular flexibility index (Phi) is 5.77. The van der Waals surface area contributed by atoms with E-state index in [1.165, 1.54) is 12.1 Å². The molecule has 26 heavy (non-hydrogen) atoms. The highest BCUT2D eigenvalue weighted by Crippen LogP contribution is 2.29. The van der Waals surface area contributed by atoms with Crippen LogP contribution in [0.3, 0.4) is 0 Å². The Labute approximate surface area is 149 Å². The Hall–Kier alpha value is -2.13. The molecule has 0 bridgehead atoms. The maximum atomic E-state index is 12.5. The highest BCUT2D eigenvalue weighted by molar-refractivity contribution is 5.45. The molecule has 9 heteroatoms. The molecular weight excluding hydrogens is 347 g/mol. The van der Waals surface area contributed by atoms with Crippen LogP contribution in [0.2, 0.25) is 0 Å². The smallest absolute Gasteiger partial charge is 0.391 e. The van der Waals surface area contributed by atoms with Gasteiger partial charge in [0.25, 0.3) is 0 Å². The average Bonchev–Trinajstić information content (AvgIpc) is 3.08. The number of benzene rings is 1. The number of alkyl halides is 3. The molecule has 3 N–H and O–H groups in total. The molecule has 2 heterocycles. The lowest BCUT2D eigenvalue weighted by Gasteiger charge is -2.27. The second kappa shape index (κ2) is 8.05. The number of halogens is 3. The number of aliphatic hydroxyl groups is 1. The summed E-state index contributed by atoms with van der Waals surface area (Å²) in [6, 6.07) is 4.83. The Morgan fingerprint density at radius 3 is 2.73 bits per heavy atom. The van der Waals surface area contributed by atoms with Crippen molar-refractivity contribution < 1.29 is 18.3 Å². The molecule has 0 aliphatic carbocycles. The van der Waals surface area contributed by atoms with Gasteiger partial charge in [-0.05, 0) is 49.6 Å². The van der Waals surface area contributed by atoms with E-state index in [0.29, 0.717) is 24.5 Å². The Bertz CT molecular complexity index is 695. The van der Waals surface area contributed by atoms with Gasteiger partial charge in [-0.3, -0.25) is 0 Å². The number of nitrogens with zero attached hydrogens (tertiary/aromatic N) is 3. The minimum Gasteiger partial charge on any atom is -0.391 e. The molecule has 0 spiro atoms. The molecule has 0 radical (unpaired) electrons. The summed E-state index contributed by atoms with van der Waals surface area (Å²) in [5, 5.41) is 24.6. The van der Waals surface area contributed by atoms with Gasteiger partial charge in [-0.15, -0.1) is 5.10 Å².